The second-order valence-corrected chi connectivity index (χ2v) is 5.20. The number of esters is 1. The highest BCUT2D eigenvalue weighted by atomic mass is 16.5. The van der Waals surface area contributed by atoms with Crippen LogP contribution in [0.4, 0.5) is 0 Å². The van der Waals surface area contributed by atoms with Crippen LogP contribution in [0.3, 0.4) is 0 Å². The number of carbonyl (C=O) groups excluding carboxylic acids is 2. The Morgan fingerprint density at radius 1 is 1.45 bits per heavy atom. The fourth-order valence-electron chi connectivity index (χ4n) is 2.63. The van der Waals surface area contributed by atoms with Crippen molar-refractivity contribution >= 4 is 11.8 Å². The summed E-state index contributed by atoms with van der Waals surface area (Å²) in [6.45, 7) is 3.36. The maximum Gasteiger partial charge on any atom is 0.339 e. The molecule has 5 nitrogen and oxygen atoms in total. The van der Waals surface area contributed by atoms with Gasteiger partial charge in [-0.05, 0) is 38.4 Å². The van der Waals surface area contributed by atoms with Gasteiger partial charge in [0.25, 0.3) is 0 Å². The first-order valence-corrected chi connectivity index (χ1v) is 6.87. The largest absolute Gasteiger partial charge is 0.465 e. The van der Waals surface area contributed by atoms with Crippen molar-refractivity contribution in [3.05, 3.63) is 29.6 Å². The molecule has 108 valence electrons. The molecule has 20 heavy (non-hydrogen) atoms. The molecule has 1 unspecified atom stereocenters. The number of rotatable bonds is 5. The number of ether oxygens (including phenoxy) is 1. The van der Waals surface area contributed by atoms with Gasteiger partial charge in [-0.15, -0.1) is 0 Å². The fraction of sp³-hybridized carbons (Fsp3) is 0.533. The molecule has 0 bridgehead atoms. The fourth-order valence-corrected chi connectivity index (χ4v) is 2.63. The maximum absolute atomic E-state index is 11.3. The van der Waals surface area contributed by atoms with Crippen molar-refractivity contribution in [2.75, 3.05) is 13.7 Å². The van der Waals surface area contributed by atoms with Crippen LogP contribution >= 0.6 is 0 Å². The Kier molecular flexibility index (Phi) is 4.84. The minimum atomic E-state index is -0.375. The summed E-state index contributed by atoms with van der Waals surface area (Å²) < 4.78 is 4.64. The molecular weight excluding hydrogens is 256 g/mol. The molecule has 1 atom stereocenters. The molecule has 0 N–H and O–H groups in total. The molecule has 1 saturated heterocycles. The predicted octanol–water partition coefficient (Wildman–Crippen LogP) is 1.81. The van der Waals surface area contributed by atoms with E-state index in [0.29, 0.717) is 18.0 Å². The third-order valence-corrected chi connectivity index (χ3v) is 3.63. The Hall–Kier alpha value is -1.75. The Labute approximate surface area is 118 Å². The average molecular weight is 276 g/mol. The van der Waals surface area contributed by atoms with Crippen LogP contribution in [0, 0.1) is 0 Å². The number of hydrogen-bond acceptors (Lipinski definition) is 5. The summed E-state index contributed by atoms with van der Waals surface area (Å²) >= 11 is 0. The quantitative estimate of drug-likeness (QED) is 0.768. The van der Waals surface area contributed by atoms with Gasteiger partial charge in [-0.25, -0.2) is 4.79 Å². The zero-order valence-electron chi connectivity index (χ0n) is 12.0. The van der Waals surface area contributed by atoms with Crippen molar-refractivity contribution < 1.29 is 14.3 Å². The summed E-state index contributed by atoms with van der Waals surface area (Å²) in [5, 5.41) is 0. The molecule has 1 aliphatic heterocycles. The smallest absolute Gasteiger partial charge is 0.339 e. The number of ketones is 1. The first kappa shape index (κ1) is 14.7. The molecule has 0 spiro atoms. The monoisotopic (exact) mass is 276 g/mol. The molecule has 0 aliphatic carbocycles. The summed E-state index contributed by atoms with van der Waals surface area (Å²) in [5.74, 6) is -0.143. The van der Waals surface area contributed by atoms with E-state index in [2.05, 4.69) is 14.6 Å². The van der Waals surface area contributed by atoms with Crippen molar-refractivity contribution in [3.63, 3.8) is 0 Å². The number of hydrogen-bond donors (Lipinski definition) is 0. The number of aromatic nitrogens is 1. The van der Waals surface area contributed by atoms with Gasteiger partial charge in [-0.1, -0.05) is 0 Å². The molecule has 0 saturated carbocycles. The van der Waals surface area contributed by atoms with Crippen LogP contribution in [-0.2, 0) is 16.1 Å². The summed E-state index contributed by atoms with van der Waals surface area (Å²) in [5.41, 5.74) is 1.37. The number of nitrogens with zero attached hydrogens (tertiary/aromatic N) is 2. The third kappa shape index (κ3) is 3.63. The van der Waals surface area contributed by atoms with Crippen molar-refractivity contribution in [2.24, 2.45) is 0 Å². The van der Waals surface area contributed by atoms with Crippen molar-refractivity contribution in [2.45, 2.75) is 38.8 Å². The van der Waals surface area contributed by atoms with Crippen molar-refractivity contribution in [3.8, 4) is 0 Å². The van der Waals surface area contributed by atoms with E-state index in [1.165, 1.54) is 13.3 Å². The van der Waals surface area contributed by atoms with Crippen LogP contribution in [0.2, 0.25) is 0 Å². The molecule has 0 radical (unpaired) electrons. The second-order valence-electron chi connectivity index (χ2n) is 5.20. The first-order chi connectivity index (χ1) is 9.60. The van der Waals surface area contributed by atoms with E-state index >= 15 is 0 Å². The van der Waals surface area contributed by atoms with E-state index in [1.807, 2.05) is 6.07 Å². The lowest BCUT2D eigenvalue weighted by Crippen LogP contribution is -2.30. The van der Waals surface area contributed by atoms with Crippen molar-refractivity contribution in [1.82, 2.24) is 9.88 Å². The van der Waals surface area contributed by atoms with E-state index < -0.39 is 0 Å². The lowest BCUT2D eigenvalue weighted by atomic mass is 10.1. The van der Waals surface area contributed by atoms with E-state index in [-0.39, 0.29) is 11.8 Å². The summed E-state index contributed by atoms with van der Waals surface area (Å²) in [7, 11) is 1.35. The van der Waals surface area contributed by atoms with Gasteiger partial charge in [0.1, 0.15) is 5.78 Å². The number of methoxy groups -OCH3 is 1. The van der Waals surface area contributed by atoms with Crippen LogP contribution in [-0.4, -0.2) is 41.3 Å². The lowest BCUT2D eigenvalue weighted by molar-refractivity contribution is -0.118. The Morgan fingerprint density at radius 2 is 2.25 bits per heavy atom. The van der Waals surface area contributed by atoms with Gasteiger partial charge in [0.15, 0.2) is 0 Å². The highest BCUT2D eigenvalue weighted by molar-refractivity contribution is 5.88. The standard InChI is InChI=1S/C15H20N2O3/c1-11(18)8-14-4-3-7-17(14)10-13-6-5-12(9-16-13)15(19)20-2/h5-6,9,14H,3-4,7-8,10H2,1-2H3. The minimum absolute atomic E-state index is 0.232. The van der Waals surface area contributed by atoms with E-state index in [1.54, 1.807) is 13.0 Å². The SMILES string of the molecule is COC(=O)c1ccc(CN2CCCC2CC(C)=O)nc1. The highest BCUT2D eigenvalue weighted by Crippen LogP contribution is 2.22. The molecule has 5 heteroatoms. The van der Waals surface area contributed by atoms with Crippen LogP contribution < -0.4 is 0 Å². The van der Waals surface area contributed by atoms with Gasteiger partial charge in [0.2, 0.25) is 0 Å². The van der Waals surface area contributed by atoms with Gasteiger partial charge in [0, 0.05) is 25.2 Å². The molecule has 1 aromatic rings. The zero-order valence-corrected chi connectivity index (χ0v) is 12.0. The number of likely N-dealkylation sites (tertiary alicyclic amines) is 1. The van der Waals surface area contributed by atoms with E-state index in [0.717, 1.165) is 31.6 Å². The zero-order chi connectivity index (χ0) is 14.5. The summed E-state index contributed by atoms with van der Waals surface area (Å²) in [6, 6.07) is 3.90. The lowest BCUT2D eigenvalue weighted by Gasteiger charge is -2.23. The van der Waals surface area contributed by atoms with Gasteiger partial charge >= 0.3 is 5.97 Å². The molecule has 0 aromatic carbocycles. The predicted molar refractivity (Wildman–Crippen MR) is 74.3 cm³/mol. The topological polar surface area (TPSA) is 59.5 Å². The number of carbonyl (C=O) groups is 2. The maximum atomic E-state index is 11.3. The molecule has 2 heterocycles. The van der Waals surface area contributed by atoms with Gasteiger partial charge in [-0.2, -0.15) is 0 Å². The van der Waals surface area contributed by atoms with Gasteiger partial charge in [-0.3, -0.25) is 14.7 Å². The minimum Gasteiger partial charge on any atom is -0.465 e. The molecule has 1 aromatic heterocycles. The van der Waals surface area contributed by atoms with Gasteiger partial charge in [0.05, 0.1) is 18.4 Å². The average Bonchev–Trinajstić information content (AvgIpc) is 2.85. The Morgan fingerprint density at radius 3 is 2.85 bits per heavy atom. The molecule has 1 fully saturated rings. The van der Waals surface area contributed by atoms with E-state index in [9.17, 15) is 9.59 Å². The second kappa shape index (κ2) is 6.61. The number of pyridine rings is 1. The molecule has 2 rings (SSSR count). The van der Waals surface area contributed by atoms with Crippen LogP contribution in [0.15, 0.2) is 18.3 Å². The molecule has 0 amide bonds. The third-order valence-electron chi connectivity index (χ3n) is 3.63. The van der Waals surface area contributed by atoms with E-state index in [4.69, 9.17) is 0 Å². The van der Waals surface area contributed by atoms with Crippen LogP contribution in [0.1, 0.15) is 42.2 Å². The normalized spacial score (nSPS) is 19.0. The highest BCUT2D eigenvalue weighted by Gasteiger charge is 2.25. The molecule has 1 aliphatic rings. The Bertz CT molecular complexity index is 484. The first-order valence-electron chi connectivity index (χ1n) is 6.87. The Balaban J connectivity index is 1.99. The van der Waals surface area contributed by atoms with Crippen LogP contribution in [0.25, 0.3) is 0 Å². The van der Waals surface area contributed by atoms with Crippen LogP contribution in [0.5, 0.6) is 0 Å². The molecular formula is C15H20N2O3. The summed E-state index contributed by atoms with van der Waals surface area (Å²) in [4.78, 5) is 29.2. The number of Topliss-reactive ketones (excluding diaryl/α,β-unsaturated/α-hetero) is 1. The summed E-state index contributed by atoms with van der Waals surface area (Å²) in [6.07, 6.45) is 4.34. The van der Waals surface area contributed by atoms with Crippen molar-refractivity contribution in [1.29, 1.82) is 0 Å². The van der Waals surface area contributed by atoms with Gasteiger partial charge < -0.3 is 4.74 Å².